The van der Waals surface area contributed by atoms with Gasteiger partial charge in [-0.25, -0.2) is 0 Å². The fraction of sp³-hybridized carbons (Fsp3) is 0.833. The average molecular weight is 441 g/mol. The van der Waals surface area contributed by atoms with Crippen molar-refractivity contribution in [2.75, 3.05) is 6.61 Å². The Hall–Kier alpha value is -0.890. The van der Waals surface area contributed by atoms with E-state index < -0.39 is 0 Å². The predicted octanol–water partition coefficient (Wildman–Crippen LogP) is 7.52. The third kappa shape index (κ3) is 3.33. The van der Waals surface area contributed by atoms with E-state index in [1.54, 1.807) is 0 Å². The van der Waals surface area contributed by atoms with Gasteiger partial charge in [-0.2, -0.15) is 0 Å². The van der Waals surface area contributed by atoms with Gasteiger partial charge in [0.25, 0.3) is 0 Å². The first kappa shape index (κ1) is 24.2. The van der Waals surface area contributed by atoms with Crippen LogP contribution in [-0.2, 0) is 4.79 Å². The van der Waals surface area contributed by atoms with Gasteiger partial charge in [-0.1, -0.05) is 44.1 Å². The van der Waals surface area contributed by atoms with E-state index in [9.17, 15) is 9.90 Å². The van der Waals surface area contributed by atoms with Gasteiger partial charge in [0.15, 0.2) is 0 Å². The van der Waals surface area contributed by atoms with Crippen LogP contribution in [0.25, 0.3) is 0 Å². The molecule has 3 saturated carbocycles. The summed E-state index contributed by atoms with van der Waals surface area (Å²) in [6.07, 6.45) is 15.2. The molecule has 0 amide bonds. The summed E-state index contributed by atoms with van der Waals surface area (Å²) in [4.78, 5) is 12.8. The normalized spacial score (nSPS) is 43.6. The monoisotopic (exact) mass is 440 g/mol. The van der Waals surface area contributed by atoms with Crippen molar-refractivity contribution >= 4 is 5.78 Å². The fourth-order valence-corrected chi connectivity index (χ4v) is 9.47. The Balaban J connectivity index is 1.64. The lowest BCUT2D eigenvalue weighted by atomic mass is 9.38. The zero-order chi connectivity index (χ0) is 23.5. The molecule has 0 aliphatic heterocycles. The molecule has 0 radical (unpaired) electrons. The second-order valence-electron chi connectivity index (χ2n) is 13.4. The first-order chi connectivity index (χ1) is 14.9. The van der Waals surface area contributed by atoms with Gasteiger partial charge < -0.3 is 5.11 Å². The summed E-state index contributed by atoms with van der Waals surface area (Å²) < 4.78 is 0. The zero-order valence-corrected chi connectivity index (χ0v) is 21.9. The molecule has 2 nitrogen and oxygen atoms in total. The van der Waals surface area contributed by atoms with E-state index in [0.29, 0.717) is 41.0 Å². The summed E-state index contributed by atoms with van der Waals surface area (Å²) >= 11 is 0. The van der Waals surface area contributed by atoms with Crippen molar-refractivity contribution in [3.8, 4) is 0 Å². The average Bonchev–Trinajstić information content (AvgIpc) is 3.07. The van der Waals surface area contributed by atoms with E-state index in [-0.39, 0.29) is 10.8 Å². The molecule has 0 unspecified atom stereocenters. The van der Waals surface area contributed by atoms with Gasteiger partial charge in [0, 0.05) is 18.4 Å². The molecule has 2 heteroatoms. The van der Waals surface area contributed by atoms with Crippen LogP contribution < -0.4 is 0 Å². The van der Waals surface area contributed by atoms with Gasteiger partial charge in [0.1, 0.15) is 5.78 Å². The highest BCUT2D eigenvalue weighted by Crippen LogP contribution is 2.74. The summed E-state index contributed by atoms with van der Waals surface area (Å²) in [6, 6.07) is 0. The van der Waals surface area contributed by atoms with Crippen molar-refractivity contribution in [1.29, 1.82) is 0 Å². The highest BCUT2D eigenvalue weighted by molar-refractivity contribution is 5.89. The summed E-state index contributed by atoms with van der Waals surface area (Å²) in [7, 11) is 0. The summed E-state index contributed by atoms with van der Waals surface area (Å²) in [5.41, 5.74) is 3.33. The van der Waals surface area contributed by atoms with E-state index in [2.05, 4.69) is 60.6 Å². The standard InChI is InChI=1S/C30H48O2/c1-20(2)9-8-10-21(19-31)22-13-17-29(6)23(22)11-12-25-28(5)16-15-26(32)27(3,4)24(28)14-18-30(25,29)7/h9,14,21-23,25,31H,8,10-13,15-19H2,1-7H3/t21-,22+,23+,25+,28-,29+,30+/m0/s1. The number of carbonyl (C=O) groups excluding carboxylic acids is 1. The summed E-state index contributed by atoms with van der Waals surface area (Å²) in [5.74, 6) is 2.93. The number of fused-ring (bicyclic) bond motifs is 5. The van der Waals surface area contributed by atoms with Gasteiger partial charge in [0.2, 0.25) is 0 Å². The van der Waals surface area contributed by atoms with Gasteiger partial charge in [0.05, 0.1) is 0 Å². The van der Waals surface area contributed by atoms with E-state index in [0.717, 1.165) is 38.0 Å². The van der Waals surface area contributed by atoms with Gasteiger partial charge >= 0.3 is 0 Å². The van der Waals surface area contributed by atoms with Crippen molar-refractivity contribution in [2.45, 2.75) is 106 Å². The highest BCUT2D eigenvalue weighted by Gasteiger charge is 2.66. The molecule has 0 saturated heterocycles. The lowest BCUT2D eigenvalue weighted by Gasteiger charge is -2.66. The SMILES string of the molecule is CC(C)=CCC[C@@H](CO)[C@H]1CC[C@]2(C)[C@@H]1CC[C@@H]1[C@@]3(C)CCC(=O)C(C)(C)C3=CC[C@]12C. The Morgan fingerprint density at radius 1 is 1.09 bits per heavy atom. The van der Waals surface area contributed by atoms with Crippen molar-refractivity contribution in [3.63, 3.8) is 0 Å². The number of hydrogen-bond donors (Lipinski definition) is 1. The minimum Gasteiger partial charge on any atom is -0.396 e. The number of Topliss-reactive ketones (excluding diaryl/α,β-unsaturated/α-hetero) is 1. The van der Waals surface area contributed by atoms with E-state index >= 15 is 0 Å². The van der Waals surface area contributed by atoms with Crippen molar-refractivity contribution < 1.29 is 9.90 Å². The molecule has 4 rings (SSSR count). The summed E-state index contributed by atoms with van der Waals surface area (Å²) in [5, 5.41) is 10.3. The lowest BCUT2D eigenvalue weighted by Crippen LogP contribution is -2.59. The quantitative estimate of drug-likeness (QED) is 0.449. The molecule has 0 heterocycles. The molecule has 0 spiro atoms. The number of ketones is 1. The minimum atomic E-state index is -0.294. The maximum Gasteiger partial charge on any atom is 0.142 e. The van der Waals surface area contributed by atoms with Gasteiger partial charge in [-0.3, -0.25) is 4.79 Å². The van der Waals surface area contributed by atoms with Crippen LogP contribution in [0.4, 0.5) is 0 Å². The number of allylic oxidation sites excluding steroid dienone is 4. The molecular formula is C30H48O2. The van der Waals surface area contributed by atoms with Crippen LogP contribution in [0.1, 0.15) is 106 Å². The fourth-order valence-electron chi connectivity index (χ4n) is 9.47. The molecule has 32 heavy (non-hydrogen) atoms. The smallest absolute Gasteiger partial charge is 0.142 e. The third-order valence-corrected chi connectivity index (χ3v) is 11.5. The molecule has 180 valence electrons. The first-order valence-electron chi connectivity index (χ1n) is 13.4. The number of aliphatic hydroxyl groups excluding tert-OH is 1. The largest absolute Gasteiger partial charge is 0.396 e. The maximum atomic E-state index is 12.8. The number of hydrogen-bond acceptors (Lipinski definition) is 2. The van der Waals surface area contributed by atoms with Crippen LogP contribution in [0, 0.1) is 45.3 Å². The second kappa shape index (κ2) is 8.10. The lowest BCUT2D eigenvalue weighted by molar-refractivity contribution is -0.146. The van der Waals surface area contributed by atoms with Crippen LogP contribution in [0.15, 0.2) is 23.3 Å². The topological polar surface area (TPSA) is 37.3 Å². The number of rotatable bonds is 5. The second-order valence-corrected chi connectivity index (χ2v) is 13.4. The molecular weight excluding hydrogens is 392 g/mol. The Bertz CT molecular complexity index is 815. The molecule has 7 atom stereocenters. The third-order valence-electron chi connectivity index (χ3n) is 11.5. The van der Waals surface area contributed by atoms with E-state index in [4.69, 9.17) is 0 Å². The molecule has 0 aromatic rings. The first-order valence-corrected chi connectivity index (χ1v) is 13.4. The van der Waals surface area contributed by atoms with Crippen molar-refractivity contribution in [1.82, 2.24) is 0 Å². The van der Waals surface area contributed by atoms with Crippen molar-refractivity contribution in [2.24, 2.45) is 45.3 Å². The number of aliphatic hydroxyl groups is 1. The molecule has 0 aromatic carbocycles. The van der Waals surface area contributed by atoms with Crippen LogP contribution >= 0.6 is 0 Å². The molecule has 1 N–H and O–H groups in total. The Labute approximate surface area is 197 Å². The molecule has 0 bridgehead atoms. The zero-order valence-electron chi connectivity index (χ0n) is 21.9. The predicted molar refractivity (Wildman–Crippen MR) is 133 cm³/mol. The van der Waals surface area contributed by atoms with Gasteiger partial charge in [-0.05, 0) is 119 Å². The van der Waals surface area contributed by atoms with Crippen LogP contribution in [0.5, 0.6) is 0 Å². The molecule has 4 aliphatic rings. The maximum absolute atomic E-state index is 12.8. The van der Waals surface area contributed by atoms with Crippen molar-refractivity contribution in [3.05, 3.63) is 23.3 Å². The number of carbonyl (C=O) groups is 1. The Morgan fingerprint density at radius 3 is 2.47 bits per heavy atom. The van der Waals surface area contributed by atoms with Crippen LogP contribution in [-0.4, -0.2) is 17.5 Å². The van der Waals surface area contributed by atoms with E-state index in [1.807, 2.05) is 0 Å². The van der Waals surface area contributed by atoms with Crippen LogP contribution in [0.3, 0.4) is 0 Å². The van der Waals surface area contributed by atoms with E-state index in [1.165, 1.54) is 36.8 Å². The van der Waals surface area contributed by atoms with Gasteiger partial charge in [-0.15, -0.1) is 0 Å². The van der Waals surface area contributed by atoms with Crippen LogP contribution in [0.2, 0.25) is 0 Å². The Kier molecular flexibility index (Phi) is 6.14. The Morgan fingerprint density at radius 2 is 1.81 bits per heavy atom. The molecule has 4 aliphatic carbocycles. The molecule has 0 aromatic heterocycles. The highest BCUT2D eigenvalue weighted by atomic mass is 16.3. The molecule has 3 fully saturated rings. The minimum absolute atomic E-state index is 0.163. The summed E-state index contributed by atoms with van der Waals surface area (Å²) in [6.45, 7) is 16.8.